The van der Waals surface area contributed by atoms with Crippen LogP contribution in [0.4, 0.5) is 5.69 Å². The quantitative estimate of drug-likeness (QED) is 0.0913. The maximum absolute atomic E-state index is 13.4. The minimum Gasteiger partial charge on any atom is -0.460 e. The lowest BCUT2D eigenvalue weighted by atomic mass is 9.81. The highest BCUT2D eigenvalue weighted by molar-refractivity contribution is 6.58. The summed E-state index contributed by atoms with van der Waals surface area (Å²) in [5, 5.41) is 2.62. The number of halogens is 1. The van der Waals surface area contributed by atoms with E-state index in [2.05, 4.69) is 19.2 Å². The normalized spacial score (nSPS) is 14.1. The summed E-state index contributed by atoms with van der Waals surface area (Å²) in [6.45, 7) is 9.25. The number of esters is 1. The van der Waals surface area contributed by atoms with Crippen molar-refractivity contribution in [3.63, 3.8) is 0 Å². The molecule has 0 heterocycles. The summed E-state index contributed by atoms with van der Waals surface area (Å²) >= 11 is 6.62. The van der Waals surface area contributed by atoms with E-state index in [1.165, 1.54) is 44.9 Å². The molecular weight excluding hydrogens is 474 g/mol. The average molecular weight is 522 g/mol. The number of hydrogen-bond acceptors (Lipinski definition) is 4. The van der Waals surface area contributed by atoms with Gasteiger partial charge in [0.25, 0.3) is 10.8 Å². The highest BCUT2D eigenvalue weighted by atomic mass is 35.5. The van der Waals surface area contributed by atoms with Gasteiger partial charge in [0.1, 0.15) is 6.10 Å². The summed E-state index contributed by atoms with van der Waals surface area (Å²) in [5.74, 6) is -2.53. The van der Waals surface area contributed by atoms with Crippen LogP contribution in [0.2, 0.25) is 0 Å². The fraction of sp³-hybridized carbons (Fsp3) is 0.700. The molecule has 0 radical (unpaired) electrons. The van der Waals surface area contributed by atoms with Gasteiger partial charge in [-0.3, -0.25) is 9.59 Å². The number of amides is 1. The number of anilines is 1. The molecule has 204 valence electrons. The molecule has 1 rings (SSSR count). The van der Waals surface area contributed by atoms with Crippen molar-refractivity contribution in [3.05, 3.63) is 30.3 Å². The first kappa shape index (κ1) is 32.1. The molecule has 0 spiro atoms. The van der Waals surface area contributed by atoms with Crippen LogP contribution < -0.4 is 5.32 Å². The van der Waals surface area contributed by atoms with E-state index in [0.29, 0.717) is 18.5 Å². The molecule has 36 heavy (non-hydrogen) atoms. The molecule has 2 atom stereocenters. The van der Waals surface area contributed by atoms with Gasteiger partial charge in [-0.05, 0) is 31.4 Å². The summed E-state index contributed by atoms with van der Waals surface area (Å²) in [7, 11) is 0. The van der Waals surface area contributed by atoms with Crippen LogP contribution in [0.1, 0.15) is 118 Å². The predicted octanol–water partition coefficient (Wildman–Crippen LogP) is 8.24. The third-order valence-electron chi connectivity index (χ3n) is 6.40. The molecule has 1 aromatic rings. The van der Waals surface area contributed by atoms with Crippen LogP contribution in [-0.2, 0) is 19.1 Å². The van der Waals surface area contributed by atoms with E-state index in [0.717, 1.165) is 25.7 Å². The first-order valence-corrected chi connectivity index (χ1v) is 14.3. The second kappa shape index (κ2) is 16.8. The van der Waals surface area contributed by atoms with E-state index in [-0.39, 0.29) is 6.10 Å². The van der Waals surface area contributed by atoms with Crippen LogP contribution in [0.25, 0.3) is 0 Å². The zero-order chi connectivity index (χ0) is 27.0. The summed E-state index contributed by atoms with van der Waals surface area (Å²) in [4.78, 5) is 37.4. The Morgan fingerprint density at radius 1 is 0.806 bits per heavy atom. The van der Waals surface area contributed by atoms with Crippen molar-refractivity contribution >= 4 is 34.9 Å². The molecule has 0 aromatic heterocycles. The summed E-state index contributed by atoms with van der Waals surface area (Å²) in [5.41, 5.74) is -0.551. The number of ketones is 1. The van der Waals surface area contributed by atoms with Crippen molar-refractivity contribution in [3.8, 4) is 0 Å². The number of rotatable bonds is 18. The second-order valence-electron chi connectivity index (χ2n) is 10.8. The number of alkyl halides is 1. The minimum atomic E-state index is -2.45. The molecule has 6 heteroatoms. The maximum Gasteiger partial charge on any atom is 0.345 e. The fourth-order valence-electron chi connectivity index (χ4n) is 4.15. The van der Waals surface area contributed by atoms with Crippen LogP contribution in [-0.4, -0.2) is 28.6 Å². The van der Waals surface area contributed by atoms with E-state index in [9.17, 15) is 14.4 Å². The Bertz CT molecular complexity index is 790. The number of ether oxygens (including phenoxy) is 1. The number of para-hydroxylation sites is 1. The van der Waals surface area contributed by atoms with E-state index in [1.807, 2.05) is 6.07 Å². The smallest absolute Gasteiger partial charge is 0.345 e. The van der Waals surface area contributed by atoms with Crippen LogP contribution in [0.5, 0.6) is 0 Å². The molecular formula is C30H48ClNO4. The molecule has 1 N–H and O–H groups in total. The molecule has 0 bridgehead atoms. The maximum atomic E-state index is 13.4. The molecule has 0 saturated heterocycles. The van der Waals surface area contributed by atoms with Crippen molar-refractivity contribution in [2.45, 2.75) is 129 Å². The topological polar surface area (TPSA) is 72.5 Å². The van der Waals surface area contributed by atoms with Crippen molar-refractivity contribution < 1.29 is 19.1 Å². The fourth-order valence-corrected chi connectivity index (χ4v) is 4.53. The monoisotopic (exact) mass is 521 g/mol. The Hall–Kier alpha value is -1.88. The number of Topliss-reactive ketones (excluding diaryl/α,β-unsaturated/α-hetero) is 1. The van der Waals surface area contributed by atoms with Crippen LogP contribution in [0, 0.1) is 5.41 Å². The lowest BCUT2D eigenvalue weighted by Gasteiger charge is -2.30. The van der Waals surface area contributed by atoms with Gasteiger partial charge in [-0.25, -0.2) is 4.79 Å². The number of hydrogen-bond donors (Lipinski definition) is 1. The lowest BCUT2D eigenvalue weighted by molar-refractivity contribution is -0.159. The van der Waals surface area contributed by atoms with E-state index >= 15 is 0 Å². The highest BCUT2D eigenvalue weighted by Crippen LogP contribution is 2.32. The van der Waals surface area contributed by atoms with Crippen LogP contribution in [0.3, 0.4) is 0 Å². The molecule has 0 aliphatic rings. The second-order valence-corrected chi connectivity index (χ2v) is 11.4. The van der Waals surface area contributed by atoms with Crippen molar-refractivity contribution in [1.82, 2.24) is 0 Å². The van der Waals surface area contributed by atoms with Gasteiger partial charge in [-0.15, -0.1) is 0 Å². The molecule has 0 fully saturated rings. The SMILES string of the molecule is CCCCCCCCCCCC(CCCC)OC(=O)C(Cl)(C(=O)Nc1ccccc1)C(=O)C(C)(C)C. The van der Waals surface area contributed by atoms with Crippen molar-refractivity contribution in [1.29, 1.82) is 0 Å². The number of carbonyl (C=O) groups excluding carboxylic acids is 3. The third kappa shape index (κ3) is 11.0. The first-order chi connectivity index (χ1) is 17.1. The first-order valence-electron chi connectivity index (χ1n) is 13.9. The molecule has 0 saturated carbocycles. The van der Waals surface area contributed by atoms with Crippen molar-refractivity contribution in [2.75, 3.05) is 5.32 Å². The van der Waals surface area contributed by atoms with Gasteiger partial charge >= 0.3 is 5.97 Å². The third-order valence-corrected chi connectivity index (χ3v) is 6.90. The Labute approximate surface area is 224 Å². The van der Waals surface area contributed by atoms with Gasteiger partial charge in [0.15, 0.2) is 5.78 Å². The molecule has 1 aromatic carbocycles. The number of nitrogens with one attached hydrogen (secondary N) is 1. The van der Waals surface area contributed by atoms with Gasteiger partial charge in [0.05, 0.1) is 0 Å². The molecule has 0 aliphatic heterocycles. The largest absolute Gasteiger partial charge is 0.460 e. The molecule has 1 amide bonds. The molecule has 0 aliphatic carbocycles. The zero-order valence-electron chi connectivity index (χ0n) is 23.2. The number of benzene rings is 1. The van der Waals surface area contributed by atoms with Crippen LogP contribution >= 0.6 is 11.6 Å². The predicted molar refractivity (Wildman–Crippen MR) is 149 cm³/mol. The Kier molecular flexibility index (Phi) is 15.0. The van der Waals surface area contributed by atoms with Crippen molar-refractivity contribution in [2.24, 2.45) is 5.41 Å². The Morgan fingerprint density at radius 3 is 1.83 bits per heavy atom. The van der Waals surface area contributed by atoms with Gasteiger partial charge in [-0.2, -0.15) is 0 Å². The van der Waals surface area contributed by atoms with E-state index in [4.69, 9.17) is 16.3 Å². The molecule has 2 unspecified atom stereocenters. The summed E-state index contributed by atoms with van der Waals surface area (Å²) in [6, 6.07) is 8.66. The van der Waals surface area contributed by atoms with Crippen LogP contribution in [0.15, 0.2) is 30.3 Å². The molecule has 5 nitrogen and oxygen atoms in total. The Morgan fingerprint density at radius 2 is 1.31 bits per heavy atom. The lowest BCUT2D eigenvalue weighted by Crippen LogP contribution is -2.56. The van der Waals surface area contributed by atoms with E-state index < -0.39 is 27.9 Å². The summed E-state index contributed by atoms with van der Waals surface area (Å²) in [6.07, 6.45) is 13.8. The number of unbranched alkanes of at least 4 members (excludes halogenated alkanes) is 9. The average Bonchev–Trinajstić information content (AvgIpc) is 2.84. The van der Waals surface area contributed by atoms with Gasteiger partial charge < -0.3 is 10.1 Å². The van der Waals surface area contributed by atoms with Gasteiger partial charge in [0, 0.05) is 11.1 Å². The standard InChI is InChI=1S/C30H48ClNO4/c1-6-8-10-11-12-13-14-15-19-23-25(22-9-7-2)36-28(35)30(31,26(33)29(3,4)5)27(34)32-24-20-17-16-18-21-24/h16-18,20-21,25H,6-15,19,22-23H2,1-5H3,(H,32,34). The van der Waals surface area contributed by atoms with Gasteiger partial charge in [-0.1, -0.05) is 129 Å². The minimum absolute atomic E-state index is 0.363. The zero-order valence-corrected chi connectivity index (χ0v) is 23.9. The number of carbonyl (C=O) groups is 3. The summed E-state index contributed by atoms with van der Waals surface area (Å²) < 4.78 is 5.81. The van der Waals surface area contributed by atoms with E-state index in [1.54, 1.807) is 45.0 Å². The van der Waals surface area contributed by atoms with Gasteiger partial charge in [0.2, 0.25) is 0 Å². The highest BCUT2D eigenvalue weighted by Gasteiger charge is 2.56. The Balaban J connectivity index is 2.83.